The van der Waals surface area contributed by atoms with Crippen LogP contribution >= 0.6 is 15.9 Å². The van der Waals surface area contributed by atoms with Crippen LogP contribution in [-0.4, -0.2) is 31.7 Å². The molecule has 166 valence electrons. The molecular weight excluding hydrogens is 488 g/mol. The molecule has 0 aliphatic carbocycles. The summed E-state index contributed by atoms with van der Waals surface area (Å²) < 4.78 is 28.2. The van der Waals surface area contributed by atoms with Gasteiger partial charge in [0.25, 0.3) is 0 Å². The van der Waals surface area contributed by atoms with Gasteiger partial charge in [0, 0.05) is 23.5 Å². The Kier molecular flexibility index (Phi) is 7.08. The Hall–Kier alpha value is -2.48. The molecule has 0 saturated carbocycles. The van der Waals surface area contributed by atoms with Gasteiger partial charge >= 0.3 is 0 Å². The summed E-state index contributed by atoms with van der Waals surface area (Å²) in [5.41, 5.74) is 2.03. The molecule has 3 aromatic carbocycles. The molecule has 0 bridgehead atoms. The highest BCUT2D eigenvalue weighted by Gasteiger charge is 2.33. The number of hydrogen-bond acceptors (Lipinski definition) is 3. The summed E-state index contributed by atoms with van der Waals surface area (Å²) in [5.74, 6) is -0.260. The van der Waals surface area contributed by atoms with E-state index in [0.29, 0.717) is 25.9 Å². The van der Waals surface area contributed by atoms with Crippen LogP contribution in [0.5, 0.6) is 0 Å². The zero-order valence-corrected chi connectivity index (χ0v) is 19.9. The lowest BCUT2D eigenvalue weighted by Crippen LogP contribution is -2.43. The first-order chi connectivity index (χ1) is 15.4. The minimum absolute atomic E-state index is 0.0385. The van der Waals surface area contributed by atoms with Gasteiger partial charge in [-0.15, -0.1) is 0 Å². The molecule has 1 saturated heterocycles. The van der Waals surface area contributed by atoms with Crippen LogP contribution < -0.4 is 5.32 Å². The lowest BCUT2D eigenvalue weighted by atomic mass is 9.94. The van der Waals surface area contributed by atoms with Gasteiger partial charge in [0.05, 0.1) is 10.9 Å². The largest absolute Gasteiger partial charge is 0.345 e. The maximum Gasteiger partial charge on any atom is 0.243 e. The Morgan fingerprint density at radius 1 is 0.844 bits per heavy atom. The van der Waals surface area contributed by atoms with Crippen molar-refractivity contribution in [3.8, 4) is 0 Å². The van der Waals surface area contributed by atoms with Crippen molar-refractivity contribution >= 4 is 31.9 Å². The van der Waals surface area contributed by atoms with E-state index in [2.05, 4.69) is 21.2 Å². The van der Waals surface area contributed by atoms with Crippen LogP contribution in [0.3, 0.4) is 0 Å². The van der Waals surface area contributed by atoms with Gasteiger partial charge in [0.1, 0.15) is 0 Å². The molecule has 7 heteroatoms. The normalized spacial score (nSPS) is 15.6. The van der Waals surface area contributed by atoms with Crippen LogP contribution in [0, 0.1) is 5.92 Å². The smallest absolute Gasteiger partial charge is 0.243 e. The zero-order chi connectivity index (χ0) is 22.6. The Morgan fingerprint density at radius 3 is 1.84 bits per heavy atom. The Labute approximate surface area is 197 Å². The molecule has 0 unspecified atom stereocenters. The standard InChI is InChI=1S/C25H25BrN2O3S/c26-22-11-13-23(14-12-22)32(30,31)28-17-15-21(16-18-28)25(29)27-24(19-7-3-1-4-8-19)20-9-5-2-6-10-20/h1-14,21,24H,15-18H2,(H,27,29). The van der Waals surface area contributed by atoms with Gasteiger partial charge in [-0.2, -0.15) is 4.31 Å². The first kappa shape index (κ1) is 22.7. The van der Waals surface area contributed by atoms with Crippen molar-refractivity contribution in [2.24, 2.45) is 5.92 Å². The number of carbonyl (C=O) groups is 1. The fourth-order valence-corrected chi connectivity index (χ4v) is 5.76. The van der Waals surface area contributed by atoms with Crippen molar-refractivity contribution < 1.29 is 13.2 Å². The van der Waals surface area contributed by atoms with E-state index >= 15 is 0 Å². The topological polar surface area (TPSA) is 66.5 Å². The van der Waals surface area contributed by atoms with E-state index in [9.17, 15) is 13.2 Å². The number of carbonyl (C=O) groups excluding carboxylic acids is 1. The molecule has 32 heavy (non-hydrogen) atoms. The average Bonchev–Trinajstić information content (AvgIpc) is 2.84. The highest BCUT2D eigenvalue weighted by Crippen LogP contribution is 2.27. The number of halogens is 1. The van der Waals surface area contributed by atoms with Crippen LogP contribution in [0.1, 0.15) is 30.0 Å². The minimum atomic E-state index is -3.56. The number of piperidine rings is 1. The molecule has 1 amide bonds. The average molecular weight is 513 g/mol. The summed E-state index contributed by atoms with van der Waals surface area (Å²) >= 11 is 3.33. The second kappa shape index (κ2) is 9.98. The minimum Gasteiger partial charge on any atom is -0.345 e. The van der Waals surface area contributed by atoms with Gasteiger partial charge in [-0.3, -0.25) is 4.79 Å². The number of hydrogen-bond donors (Lipinski definition) is 1. The molecule has 5 nitrogen and oxygen atoms in total. The lowest BCUT2D eigenvalue weighted by molar-refractivity contribution is -0.126. The summed E-state index contributed by atoms with van der Waals surface area (Å²) in [6, 6.07) is 26.2. The van der Waals surface area contributed by atoms with Crippen molar-refractivity contribution in [2.45, 2.75) is 23.8 Å². The molecule has 1 aliphatic heterocycles. The summed E-state index contributed by atoms with van der Waals surface area (Å²) in [5, 5.41) is 3.20. The first-order valence-electron chi connectivity index (χ1n) is 10.6. The van der Waals surface area contributed by atoms with Gasteiger partial charge < -0.3 is 5.32 Å². The molecule has 1 N–H and O–H groups in total. The van der Waals surface area contributed by atoms with Gasteiger partial charge in [0.2, 0.25) is 15.9 Å². The third-order valence-electron chi connectivity index (χ3n) is 5.83. The SMILES string of the molecule is O=C(NC(c1ccccc1)c1ccccc1)C1CCN(S(=O)(=O)c2ccc(Br)cc2)CC1. The molecule has 0 radical (unpaired) electrons. The van der Waals surface area contributed by atoms with Crippen LogP contribution in [0.25, 0.3) is 0 Å². The number of rotatable bonds is 6. The number of sulfonamides is 1. The van der Waals surface area contributed by atoms with Crippen molar-refractivity contribution in [3.63, 3.8) is 0 Å². The van der Waals surface area contributed by atoms with Crippen molar-refractivity contribution in [1.82, 2.24) is 9.62 Å². The zero-order valence-electron chi connectivity index (χ0n) is 17.5. The Bertz CT molecular complexity index is 1110. The Balaban J connectivity index is 1.44. The second-order valence-electron chi connectivity index (χ2n) is 7.90. The number of nitrogens with one attached hydrogen (secondary N) is 1. The Morgan fingerprint density at radius 2 is 1.34 bits per heavy atom. The van der Waals surface area contributed by atoms with Gasteiger partial charge in [-0.05, 0) is 48.2 Å². The molecular formula is C25H25BrN2O3S. The van der Waals surface area contributed by atoms with Crippen molar-refractivity contribution in [1.29, 1.82) is 0 Å². The second-order valence-corrected chi connectivity index (χ2v) is 10.7. The summed E-state index contributed by atoms with van der Waals surface area (Å²) in [4.78, 5) is 13.4. The predicted molar refractivity (Wildman–Crippen MR) is 128 cm³/mol. The van der Waals surface area contributed by atoms with Gasteiger partial charge in [-0.25, -0.2) is 8.42 Å². The third-order valence-corrected chi connectivity index (χ3v) is 8.27. The lowest BCUT2D eigenvalue weighted by Gasteiger charge is -2.31. The molecule has 0 spiro atoms. The first-order valence-corrected chi connectivity index (χ1v) is 12.8. The highest BCUT2D eigenvalue weighted by molar-refractivity contribution is 9.10. The van der Waals surface area contributed by atoms with Crippen LogP contribution in [-0.2, 0) is 14.8 Å². The van der Waals surface area contributed by atoms with Crippen LogP contribution in [0.4, 0.5) is 0 Å². The van der Waals surface area contributed by atoms with Gasteiger partial charge in [-0.1, -0.05) is 76.6 Å². The highest BCUT2D eigenvalue weighted by atomic mass is 79.9. The third kappa shape index (κ3) is 5.11. The molecule has 1 heterocycles. The fourth-order valence-electron chi connectivity index (χ4n) is 4.02. The molecule has 3 aromatic rings. The number of benzene rings is 3. The summed E-state index contributed by atoms with van der Waals surface area (Å²) in [6.45, 7) is 0.662. The number of amides is 1. The molecule has 1 aliphatic rings. The van der Waals surface area contributed by atoms with E-state index in [1.165, 1.54) is 4.31 Å². The van der Waals surface area contributed by atoms with Crippen LogP contribution in [0.2, 0.25) is 0 Å². The number of nitrogens with zero attached hydrogens (tertiary/aromatic N) is 1. The van der Waals surface area contributed by atoms with E-state index in [-0.39, 0.29) is 22.8 Å². The van der Waals surface area contributed by atoms with Crippen molar-refractivity contribution in [2.75, 3.05) is 13.1 Å². The molecule has 0 atom stereocenters. The molecule has 1 fully saturated rings. The summed E-state index contributed by atoms with van der Waals surface area (Å²) in [6.07, 6.45) is 0.996. The molecule has 4 rings (SSSR count). The van der Waals surface area contributed by atoms with E-state index < -0.39 is 10.0 Å². The fraction of sp³-hybridized carbons (Fsp3) is 0.240. The van der Waals surface area contributed by atoms with Crippen molar-refractivity contribution in [3.05, 3.63) is 101 Å². The monoisotopic (exact) mass is 512 g/mol. The van der Waals surface area contributed by atoms with Gasteiger partial charge in [0.15, 0.2) is 0 Å². The maximum atomic E-state index is 13.1. The quantitative estimate of drug-likeness (QED) is 0.517. The summed E-state index contributed by atoms with van der Waals surface area (Å²) in [7, 11) is -3.56. The molecule has 0 aromatic heterocycles. The van der Waals surface area contributed by atoms with E-state index in [0.717, 1.165) is 15.6 Å². The predicted octanol–water partition coefficient (Wildman–Crippen LogP) is 4.76. The van der Waals surface area contributed by atoms with E-state index in [1.807, 2.05) is 60.7 Å². The van der Waals surface area contributed by atoms with Crippen LogP contribution in [0.15, 0.2) is 94.3 Å². The van der Waals surface area contributed by atoms with E-state index in [1.54, 1.807) is 24.3 Å². The van der Waals surface area contributed by atoms with E-state index in [4.69, 9.17) is 0 Å². The maximum absolute atomic E-state index is 13.1.